The monoisotopic (exact) mass is 395 g/mol. The van der Waals surface area contributed by atoms with Gasteiger partial charge in [-0.15, -0.1) is 11.3 Å². The number of nitrogens with zero attached hydrogens (tertiary/aromatic N) is 3. The molecule has 1 unspecified atom stereocenters. The first kappa shape index (κ1) is 19.8. The molecule has 1 aromatic rings. The minimum atomic E-state index is -4.43. The van der Waals surface area contributed by atoms with Crippen LogP contribution < -0.4 is 4.90 Å². The number of alkyl halides is 3. The van der Waals surface area contributed by atoms with E-state index >= 15 is 0 Å². The van der Waals surface area contributed by atoms with Crippen molar-refractivity contribution in [2.75, 3.05) is 31.1 Å². The van der Waals surface area contributed by atoms with Gasteiger partial charge in [-0.05, 0) is 25.7 Å². The maximum absolute atomic E-state index is 12.8. The van der Waals surface area contributed by atoms with Crippen molar-refractivity contribution in [3.05, 3.63) is 11.1 Å². The van der Waals surface area contributed by atoms with Crippen LogP contribution in [0.1, 0.15) is 25.5 Å². The summed E-state index contributed by atoms with van der Waals surface area (Å²) in [6, 6.07) is -0.291. The number of anilines is 1. The molecular formula is C16H24F3N3O3S. The van der Waals surface area contributed by atoms with Gasteiger partial charge >= 0.3 is 6.18 Å². The zero-order valence-corrected chi connectivity index (χ0v) is 15.2. The van der Waals surface area contributed by atoms with Gasteiger partial charge in [0, 0.05) is 37.6 Å². The molecule has 26 heavy (non-hydrogen) atoms. The predicted octanol–water partition coefficient (Wildman–Crippen LogP) is 1.17. The number of aliphatic hydroxyl groups excluding tert-OH is 3. The Morgan fingerprint density at radius 2 is 1.96 bits per heavy atom. The van der Waals surface area contributed by atoms with E-state index in [-0.39, 0.29) is 18.5 Å². The smallest absolute Gasteiger partial charge is 0.389 e. The van der Waals surface area contributed by atoms with E-state index in [2.05, 4.69) is 4.98 Å². The van der Waals surface area contributed by atoms with E-state index in [9.17, 15) is 28.5 Å². The number of aromatic nitrogens is 1. The maximum Gasteiger partial charge on any atom is 0.434 e. The van der Waals surface area contributed by atoms with Gasteiger partial charge in [-0.1, -0.05) is 0 Å². The first-order valence-corrected chi connectivity index (χ1v) is 9.60. The SMILES string of the molecule is C[C@@H]1[C@@H](O)[C@H](O)[C@@H](O)CN1CC1CCCN(c2nc(C(F)(F)F)cs2)C1. The molecule has 2 aliphatic rings. The largest absolute Gasteiger partial charge is 0.434 e. The van der Waals surface area contributed by atoms with Gasteiger partial charge in [0.1, 0.15) is 6.10 Å². The summed E-state index contributed by atoms with van der Waals surface area (Å²) in [7, 11) is 0. The molecule has 148 valence electrons. The molecule has 3 N–H and O–H groups in total. The summed E-state index contributed by atoms with van der Waals surface area (Å²) in [4.78, 5) is 7.55. The fourth-order valence-corrected chi connectivity index (χ4v) is 4.61. The number of hydrogen-bond donors (Lipinski definition) is 3. The number of hydrogen-bond acceptors (Lipinski definition) is 7. The van der Waals surface area contributed by atoms with E-state index < -0.39 is 30.2 Å². The molecule has 3 heterocycles. The molecule has 0 spiro atoms. The summed E-state index contributed by atoms with van der Waals surface area (Å²) in [5, 5.41) is 31.1. The van der Waals surface area contributed by atoms with Crippen molar-refractivity contribution in [1.82, 2.24) is 9.88 Å². The zero-order valence-electron chi connectivity index (χ0n) is 14.4. The summed E-state index contributed by atoms with van der Waals surface area (Å²) >= 11 is 1.00. The number of halogens is 3. The van der Waals surface area contributed by atoms with Crippen molar-refractivity contribution in [3.63, 3.8) is 0 Å². The molecule has 2 fully saturated rings. The standard InChI is InChI=1S/C16H24F3N3O3S/c1-9-13(24)14(25)11(23)7-22(9)6-10-3-2-4-21(5-10)15-20-12(8-26-15)16(17,18)19/h8-11,13-14,23-25H,2-7H2,1H3/t9-,10?,11+,13-,14-/m1/s1. The summed E-state index contributed by atoms with van der Waals surface area (Å²) < 4.78 is 38.3. The van der Waals surface area contributed by atoms with Gasteiger partial charge in [-0.2, -0.15) is 13.2 Å². The minimum absolute atomic E-state index is 0.194. The van der Waals surface area contributed by atoms with E-state index in [1.165, 1.54) is 0 Å². The van der Waals surface area contributed by atoms with Gasteiger partial charge < -0.3 is 20.2 Å². The number of likely N-dealkylation sites (tertiary alicyclic amines) is 1. The Balaban J connectivity index is 1.63. The number of thiazole rings is 1. The topological polar surface area (TPSA) is 80.1 Å². The van der Waals surface area contributed by atoms with E-state index in [0.717, 1.165) is 29.6 Å². The summed E-state index contributed by atoms with van der Waals surface area (Å²) in [6.45, 7) is 3.93. The third-order valence-electron chi connectivity index (χ3n) is 5.30. The quantitative estimate of drug-likeness (QED) is 0.713. The first-order chi connectivity index (χ1) is 12.2. The molecule has 0 saturated carbocycles. The molecule has 0 bridgehead atoms. The lowest BCUT2D eigenvalue weighted by Crippen LogP contribution is -2.61. The Labute approximate surface area is 153 Å². The van der Waals surface area contributed by atoms with Gasteiger partial charge in [0.05, 0.1) is 12.2 Å². The summed E-state index contributed by atoms with van der Waals surface area (Å²) in [5.41, 5.74) is -0.857. The van der Waals surface area contributed by atoms with Crippen LogP contribution in [-0.4, -0.2) is 75.7 Å². The normalized spacial score (nSPS) is 34.3. The van der Waals surface area contributed by atoms with Crippen molar-refractivity contribution < 1.29 is 28.5 Å². The Morgan fingerprint density at radius 3 is 2.62 bits per heavy atom. The lowest BCUT2D eigenvalue weighted by Gasteiger charge is -2.44. The minimum Gasteiger partial charge on any atom is -0.389 e. The third kappa shape index (κ3) is 4.14. The van der Waals surface area contributed by atoms with Gasteiger partial charge in [-0.25, -0.2) is 4.98 Å². The number of piperidine rings is 2. The van der Waals surface area contributed by atoms with Crippen molar-refractivity contribution in [3.8, 4) is 0 Å². The number of aliphatic hydroxyl groups is 3. The second-order valence-electron chi connectivity index (χ2n) is 7.21. The Kier molecular flexibility index (Phi) is 5.78. The predicted molar refractivity (Wildman–Crippen MR) is 91.1 cm³/mol. The van der Waals surface area contributed by atoms with Gasteiger partial charge in [-0.3, -0.25) is 4.90 Å². The van der Waals surface area contributed by atoms with Crippen LogP contribution in [0.25, 0.3) is 0 Å². The molecule has 2 aliphatic heterocycles. The van der Waals surface area contributed by atoms with Gasteiger partial charge in [0.2, 0.25) is 0 Å². The van der Waals surface area contributed by atoms with Crippen LogP contribution in [0.3, 0.4) is 0 Å². The molecule has 3 rings (SSSR count). The molecule has 0 radical (unpaired) electrons. The van der Waals surface area contributed by atoms with Crippen LogP contribution >= 0.6 is 11.3 Å². The molecule has 0 aliphatic carbocycles. The number of rotatable bonds is 3. The summed E-state index contributed by atoms with van der Waals surface area (Å²) in [5.74, 6) is 0.194. The van der Waals surface area contributed by atoms with Gasteiger partial charge in [0.15, 0.2) is 10.8 Å². The van der Waals surface area contributed by atoms with Crippen LogP contribution in [0.2, 0.25) is 0 Å². The molecule has 0 aromatic carbocycles. The fraction of sp³-hybridized carbons (Fsp3) is 0.812. The first-order valence-electron chi connectivity index (χ1n) is 8.72. The zero-order chi connectivity index (χ0) is 19.1. The number of β-amino-alcohol motifs (C(OH)–C–C–N with tert-alkyl or cyclic N) is 1. The second-order valence-corrected chi connectivity index (χ2v) is 8.05. The van der Waals surface area contributed by atoms with Crippen molar-refractivity contribution in [2.24, 2.45) is 5.92 Å². The molecule has 1 aromatic heterocycles. The van der Waals surface area contributed by atoms with Gasteiger partial charge in [0.25, 0.3) is 0 Å². The van der Waals surface area contributed by atoms with Crippen molar-refractivity contribution >= 4 is 16.5 Å². The van der Waals surface area contributed by atoms with Crippen LogP contribution in [0.15, 0.2) is 5.38 Å². The molecule has 6 nitrogen and oxygen atoms in total. The maximum atomic E-state index is 12.8. The van der Waals surface area contributed by atoms with E-state index in [0.29, 0.717) is 24.8 Å². The second kappa shape index (κ2) is 7.59. The van der Waals surface area contributed by atoms with Crippen LogP contribution in [-0.2, 0) is 6.18 Å². The average Bonchev–Trinajstić information content (AvgIpc) is 3.08. The molecular weight excluding hydrogens is 371 g/mol. The molecule has 10 heteroatoms. The van der Waals surface area contributed by atoms with Crippen molar-refractivity contribution in [2.45, 2.75) is 50.3 Å². The third-order valence-corrected chi connectivity index (χ3v) is 6.20. The Hall–Kier alpha value is -0.940. The summed E-state index contributed by atoms with van der Waals surface area (Å²) in [6.07, 6.45) is -5.84. The van der Waals surface area contributed by atoms with Crippen molar-refractivity contribution in [1.29, 1.82) is 0 Å². The molecule has 5 atom stereocenters. The Bertz CT molecular complexity index is 615. The van der Waals surface area contributed by atoms with E-state index in [4.69, 9.17) is 0 Å². The van der Waals surface area contributed by atoms with Crippen LogP contribution in [0.4, 0.5) is 18.3 Å². The average molecular weight is 395 g/mol. The Morgan fingerprint density at radius 1 is 1.23 bits per heavy atom. The highest BCUT2D eigenvalue weighted by atomic mass is 32.1. The lowest BCUT2D eigenvalue weighted by molar-refractivity contribution is -0.140. The lowest BCUT2D eigenvalue weighted by atomic mass is 9.91. The van der Waals surface area contributed by atoms with E-state index in [1.807, 2.05) is 9.80 Å². The highest BCUT2D eigenvalue weighted by molar-refractivity contribution is 7.13. The van der Waals surface area contributed by atoms with E-state index in [1.54, 1.807) is 6.92 Å². The van der Waals surface area contributed by atoms with Crippen LogP contribution in [0.5, 0.6) is 0 Å². The highest BCUT2D eigenvalue weighted by Crippen LogP contribution is 2.34. The van der Waals surface area contributed by atoms with Crippen LogP contribution in [0, 0.1) is 5.92 Å². The highest BCUT2D eigenvalue weighted by Gasteiger charge is 2.40. The fourth-order valence-electron chi connectivity index (χ4n) is 3.74. The molecule has 2 saturated heterocycles. The molecule has 0 amide bonds.